The van der Waals surface area contributed by atoms with Crippen LogP contribution in [-0.4, -0.2) is 4.57 Å². The molecule has 0 aliphatic carbocycles. The molecule has 0 amide bonds. The molecule has 3 heteroatoms. The monoisotopic (exact) mass is 652 g/mol. The summed E-state index contributed by atoms with van der Waals surface area (Å²) in [5.41, 5.74) is 13.3. The Bertz CT molecular complexity index is 2750. The second-order valence-electron chi connectivity index (χ2n) is 13.0. The Morgan fingerprint density at radius 2 is 0.843 bits per heavy atom. The maximum atomic E-state index is 6.18. The average molecular weight is 653 g/mol. The van der Waals surface area contributed by atoms with Gasteiger partial charge in [0.15, 0.2) is 0 Å². The van der Waals surface area contributed by atoms with Crippen LogP contribution >= 0.6 is 0 Å². The lowest BCUT2D eigenvalue weighted by atomic mass is 10.0. The van der Waals surface area contributed by atoms with E-state index in [0.717, 1.165) is 50.2 Å². The van der Waals surface area contributed by atoms with Gasteiger partial charge < -0.3 is 13.9 Å². The van der Waals surface area contributed by atoms with Gasteiger partial charge >= 0.3 is 0 Å². The molecule has 0 aliphatic rings. The van der Waals surface area contributed by atoms with Crippen molar-refractivity contribution < 1.29 is 4.42 Å². The van der Waals surface area contributed by atoms with E-state index in [9.17, 15) is 0 Å². The van der Waals surface area contributed by atoms with Gasteiger partial charge in [-0.3, -0.25) is 0 Å². The second kappa shape index (κ2) is 11.9. The number of hydrogen-bond donors (Lipinski definition) is 0. The van der Waals surface area contributed by atoms with Crippen LogP contribution in [-0.2, 0) is 0 Å². The zero-order valence-electron chi connectivity index (χ0n) is 27.8. The van der Waals surface area contributed by atoms with E-state index in [0.29, 0.717) is 0 Å². The third-order valence-corrected chi connectivity index (χ3v) is 10.00. The zero-order chi connectivity index (χ0) is 33.7. The Hall–Kier alpha value is -6.84. The molecule has 0 radical (unpaired) electrons. The van der Waals surface area contributed by atoms with Crippen LogP contribution in [0, 0.1) is 0 Å². The van der Waals surface area contributed by atoms with Crippen molar-refractivity contribution in [1.82, 2.24) is 4.57 Å². The van der Waals surface area contributed by atoms with Gasteiger partial charge in [0.05, 0.1) is 11.0 Å². The van der Waals surface area contributed by atoms with Crippen LogP contribution in [0.2, 0.25) is 0 Å². The molecule has 10 aromatic rings. The van der Waals surface area contributed by atoms with Crippen LogP contribution < -0.4 is 4.90 Å². The van der Waals surface area contributed by atoms with E-state index in [2.05, 4.69) is 191 Å². The number of aromatic nitrogens is 1. The first-order chi connectivity index (χ1) is 25.3. The van der Waals surface area contributed by atoms with E-state index in [-0.39, 0.29) is 0 Å². The van der Waals surface area contributed by atoms with Crippen LogP contribution in [0.5, 0.6) is 0 Å². The molecule has 51 heavy (non-hydrogen) atoms. The van der Waals surface area contributed by atoms with Gasteiger partial charge in [-0.05, 0) is 95.1 Å². The summed E-state index contributed by atoms with van der Waals surface area (Å²) < 4.78 is 8.55. The van der Waals surface area contributed by atoms with Gasteiger partial charge in [0, 0.05) is 44.3 Å². The van der Waals surface area contributed by atoms with Gasteiger partial charge in [0.25, 0.3) is 0 Å². The normalized spacial score (nSPS) is 11.5. The summed E-state index contributed by atoms with van der Waals surface area (Å²) in [6, 6.07) is 69.2. The molecule has 0 N–H and O–H groups in total. The van der Waals surface area contributed by atoms with E-state index in [1.807, 2.05) is 12.1 Å². The van der Waals surface area contributed by atoms with E-state index in [1.165, 1.54) is 38.5 Å². The molecule has 8 aromatic carbocycles. The van der Waals surface area contributed by atoms with Crippen molar-refractivity contribution in [1.29, 1.82) is 0 Å². The Morgan fingerprint density at radius 1 is 0.333 bits per heavy atom. The average Bonchev–Trinajstić information content (AvgIpc) is 3.74. The van der Waals surface area contributed by atoms with Crippen molar-refractivity contribution >= 4 is 60.8 Å². The lowest BCUT2D eigenvalue weighted by molar-refractivity contribution is 0.669. The Labute approximate surface area is 295 Å². The second-order valence-corrected chi connectivity index (χ2v) is 13.0. The molecular formula is C48H32N2O. The number of benzene rings is 8. The SMILES string of the molecule is c1ccc(-c2ccc(N(c3ccc(-c4ccccc4)cc3)c3ccc4c(c3)c3ccccc3n4-c3ccc4oc5ccccc5c4c3)cc2)cc1. The number of nitrogens with zero attached hydrogens (tertiary/aromatic N) is 2. The highest BCUT2D eigenvalue weighted by Crippen LogP contribution is 2.41. The van der Waals surface area contributed by atoms with Gasteiger partial charge in [0.2, 0.25) is 0 Å². The number of anilines is 3. The predicted molar refractivity (Wildman–Crippen MR) is 214 cm³/mol. The van der Waals surface area contributed by atoms with E-state index in [1.54, 1.807) is 0 Å². The molecule has 0 unspecified atom stereocenters. The van der Waals surface area contributed by atoms with Gasteiger partial charge in [-0.15, -0.1) is 0 Å². The summed E-state index contributed by atoms with van der Waals surface area (Å²) in [4.78, 5) is 2.36. The minimum atomic E-state index is 0.898. The smallest absolute Gasteiger partial charge is 0.135 e. The van der Waals surface area contributed by atoms with Crippen molar-refractivity contribution in [2.75, 3.05) is 4.90 Å². The molecule has 0 atom stereocenters. The fourth-order valence-electron chi connectivity index (χ4n) is 7.55. The summed E-state index contributed by atoms with van der Waals surface area (Å²) in [7, 11) is 0. The molecule has 0 aliphatic heterocycles. The van der Waals surface area contributed by atoms with Crippen LogP contribution in [0.25, 0.3) is 71.7 Å². The highest BCUT2D eigenvalue weighted by atomic mass is 16.3. The summed E-state index contributed by atoms with van der Waals surface area (Å²) in [6.07, 6.45) is 0. The van der Waals surface area contributed by atoms with Gasteiger partial charge in [-0.2, -0.15) is 0 Å². The lowest BCUT2D eigenvalue weighted by Crippen LogP contribution is -2.10. The highest BCUT2D eigenvalue weighted by Gasteiger charge is 2.18. The molecule has 0 saturated heterocycles. The Balaban J connectivity index is 1.14. The quantitative estimate of drug-likeness (QED) is 0.178. The van der Waals surface area contributed by atoms with Crippen LogP contribution in [0.1, 0.15) is 0 Å². The molecule has 0 spiro atoms. The maximum Gasteiger partial charge on any atom is 0.135 e. The number of furan rings is 1. The van der Waals surface area contributed by atoms with Crippen molar-refractivity contribution in [3.8, 4) is 27.9 Å². The molecule has 0 bridgehead atoms. The van der Waals surface area contributed by atoms with Gasteiger partial charge in [-0.1, -0.05) is 121 Å². The number of para-hydroxylation sites is 2. The molecule has 0 fully saturated rings. The molecular weight excluding hydrogens is 621 g/mol. The summed E-state index contributed by atoms with van der Waals surface area (Å²) >= 11 is 0. The molecule has 10 rings (SSSR count). The Kier molecular flexibility index (Phi) is 6.81. The molecule has 0 saturated carbocycles. The van der Waals surface area contributed by atoms with Gasteiger partial charge in [-0.25, -0.2) is 0 Å². The fraction of sp³-hybridized carbons (Fsp3) is 0. The zero-order valence-corrected chi connectivity index (χ0v) is 27.8. The maximum absolute atomic E-state index is 6.18. The van der Waals surface area contributed by atoms with Crippen LogP contribution in [0.15, 0.2) is 199 Å². The number of fused-ring (bicyclic) bond motifs is 6. The standard InChI is InChI=1S/C48H32N2O/c1-3-11-33(12-4-1)35-19-23-37(24-20-35)49(38-25-21-36(22-26-38)34-13-5-2-6-14-34)39-27-29-46-43(31-39)41-15-7-9-17-45(41)50(46)40-28-30-48-44(32-40)42-16-8-10-18-47(42)51-48/h1-32H. The first kappa shape index (κ1) is 29.1. The topological polar surface area (TPSA) is 21.3 Å². The van der Waals surface area contributed by atoms with E-state index < -0.39 is 0 Å². The summed E-state index contributed by atoms with van der Waals surface area (Å²) in [6.45, 7) is 0. The van der Waals surface area contributed by atoms with Crippen molar-refractivity contribution in [3.63, 3.8) is 0 Å². The van der Waals surface area contributed by atoms with Crippen molar-refractivity contribution in [2.24, 2.45) is 0 Å². The largest absolute Gasteiger partial charge is 0.456 e. The van der Waals surface area contributed by atoms with Crippen molar-refractivity contribution in [2.45, 2.75) is 0 Å². The summed E-state index contributed by atoms with van der Waals surface area (Å²) in [5.74, 6) is 0. The van der Waals surface area contributed by atoms with E-state index in [4.69, 9.17) is 4.42 Å². The van der Waals surface area contributed by atoms with Crippen molar-refractivity contribution in [3.05, 3.63) is 194 Å². The third kappa shape index (κ3) is 4.98. The van der Waals surface area contributed by atoms with Gasteiger partial charge in [0.1, 0.15) is 11.2 Å². The molecule has 2 heterocycles. The Morgan fingerprint density at radius 3 is 1.51 bits per heavy atom. The lowest BCUT2D eigenvalue weighted by Gasteiger charge is -2.26. The van der Waals surface area contributed by atoms with E-state index >= 15 is 0 Å². The molecule has 240 valence electrons. The number of hydrogen-bond acceptors (Lipinski definition) is 2. The minimum absolute atomic E-state index is 0.898. The third-order valence-electron chi connectivity index (χ3n) is 10.00. The molecule has 3 nitrogen and oxygen atoms in total. The summed E-state index contributed by atoms with van der Waals surface area (Å²) in [5, 5.41) is 4.66. The minimum Gasteiger partial charge on any atom is -0.456 e. The van der Waals surface area contributed by atoms with Crippen LogP contribution in [0.4, 0.5) is 17.1 Å². The molecule has 2 aromatic heterocycles. The predicted octanol–water partition coefficient (Wildman–Crippen LogP) is 13.5. The first-order valence-electron chi connectivity index (χ1n) is 17.3. The van der Waals surface area contributed by atoms with Crippen LogP contribution in [0.3, 0.4) is 0 Å². The highest BCUT2D eigenvalue weighted by molar-refractivity contribution is 6.11. The number of rotatable bonds is 6. The first-order valence-corrected chi connectivity index (χ1v) is 17.3. The fourth-order valence-corrected chi connectivity index (χ4v) is 7.55.